The number of aromatic nitrogens is 3. The van der Waals surface area contributed by atoms with Gasteiger partial charge >= 0.3 is 0 Å². The number of fused-ring (bicyclic) bond motifs is 1. The van der Waals surface area contributed by atoms with Crippen LogP contribution >= 0.6 is 11.6 Å². The molecule has 0 aromatic carbocycles. The van der Waals surface area contributed by atoms with Crippen LogP contribution in [-0.4, -0.2) is 15.2 Å². The zero-order chi connectivity index (χ0) is 8.72. The van der Waals surface area contributed by atoms with Crippen molar-refractivity contribution in [1.82, 2.24) is 15.2 Å². The van der Waals surface area contributed by atoms with Gasteiger partial charge in [-0.15, -0.1) is 0 Å². The Hall–Kier alpha value is -1.29. The predicted molar refractivity (Wildman–Crippen MR) is 48.0 cm³/mol. The van der Waals surface area contributed by atoms with Crippen molar-refractivity contribution in [2.45, 2.75) is 6.92 Å². The fourth-order valence-electron chi connectivity index (χ4n) is 1.10. The van der Waals surface area contributed by atoms with E-state index in [9.17, 15) is 0 Å². The third-order valence-corrected chi connectivity index (χ3v) is 2.13. The largest absolute Gasteiger partial charge is 0.396 e. The Labute approximate surface area is 73.7 Å². The van der Waals surface area contributed by atoms with Crippen molar-refractivity contribution in [1.29, 1.82) is 0 Å². The molecule has 2 aromatic heterocycles. The Balaban J connectivity index is 2.96. The third kappa shape index (κ3) is 0.848. The SMILES string of the molecule is Cc1[nH]nc2ncc(N)c(Cl)c12. The molecule has 0 saturated heterocycles. The van der Waals surface area contributed by atoms with Gasteiger partial charge in [0.1, 0.15) is 0 Å². The lowest BCUT2D eigenvalue weighted by molar-refractivity contribution is 1.05. The number of nitrogens with zero attached hydrogens (tertiary/aromatic N) is 2. The van der Waals surface area contributed by atoms with Crippen molar-refractivity contribution in [3.8, 4) is 0 Å². The second kappa shape index (κ2) is 2.35. The maximum atomic E-state index is 5.95. The highest BCUT2D eigenvalue weighted by Gasteiger charge is 2.08. The number of pyridine rings is 1. The van der Waals surface area contributed by atoms with Gasteiger partial charge in [0.15, 0.2) is 5.65 Å². The van der Waals surface area contributed by atoms with Gasteiger partial charge in [0.05, 0.1) is 22.3 Å². The number of aryl methyl sites for hydroxylation is 1. The topological polar surface area (TPSA) is 67.6 Å². The molecule has 4 nitrogen and oxygen atoms in total. The molecule has 0 spiro atoms. The highest BCUT2D eigenvalue weighted by Crippen LogP contribution is 2.27. The van der Waals surface area contributed by atoms with Crippen LogP contribution in [0.1, 0.15) is 5.69 Å². The van der Waals surface area contributed by atoms with Gasteiger partial charge in [-0.25, -0.2) is 4.98 Å². The Morgan fingerprint density at radius 3 is 3.08 bits per heavy atom. The van der Waals surface area contributed by atoms with Crippen molar-refractivity contribution in [2.75, 3.05) is 5.73 Å². The fraction of sp³-hybridized carbons (Fsp3) is 0.143. The lowest BCUT2D eigenvalue weighted by atomic mass is 10.2. The molecule has 12 heavy (non-hydrogen) atoms. The standard InChI is InChI=1S/C7H7ClN4/c1-3-5-6(8)4(9)2-10-7(5)12-11-3/h2H,9H2,1H3,(H,10,11,12). The summed E-state index contributed by atoms with van der Waals surface area (Å²) in [6, 6.07) is 0. The minimum atomic E-state index is 0.480. The minimum absolute atomic E-state index is 0.480. The third-order valence-electron chi connectivity index (χ3n) is 1.73. The van der Waals surface area contributed by atoms with Crippen molar-refractivity contribution in [2.24, 2.45) is 0 Å². The highest BCUT2D eigenvalue weighted by molar-refractivity contribution is 6.37. The molecule has 0 bridgehead atoms. The van der Waals surface area contributed by atoms with Gasteiger partial charge in [0.25, 0.3) is 0 Å². The average Bonchev–Trinajstić information content (AvgIpc) is 2.41. The van der Waals surface area contributed by atoms with E-state index in [2.05, 4.69) is 15.2 Å². The minimum Gasteiger partial charge on any atom is -0.396 e. The van der Waals surface area contributed by atoms with Crippen LogP contribution in [0.3, 0.4) is 0 Å². The van der Waals surface area contributed by atoms with Gasteiger partial charge in [-0.2, -0.15) is 5.10 Å². The highest BCUT2D eigenvalue weighted by atomic mass is 35.5. The molecule has 0 aliphatic carbocycles. The number of nitrogens with two attached hydrogens (primary N) is 1. The molecule has 2 heterocycles. The molecule has 0 amide bonds. The summed E-state index contributed by atoms with van der Waals surface area (Å²) in [6.07, 6.45) is 1.50. The van der Waals surface area contributed by atoms with Gasteiger partial charge in [-0.1, -0.05) is 11.6 Å². The number of halogens is 1. The van der Waals surface area contributed by atoms with E-state index < -0.39 is 0 Å². The van der Waals surface area contributed by atoms with Crippen LogP contribution in [0.15, 0.2) is 6.20 Å². The number of aromatic amines is 1. The molecule has 0 atom stereocenters. The maximum Gasteiger partial charge on any atom is 0.182 e. The number of nitrogens with one attached hydrogen (secondary N) is 1. The van der Waals surface area contributed by atoms with E-state index in [0.717, 1.165) is 11.1 Å². The quantitative estimate of drug-likeness (QED) is 0.649. The monoisotopic (exact) mass is 182 g/mol. The van der Waals surface area contributed by atoms with E-state index in [4.69, 9.17) is 17.3 Å². The lowest BCUT2D eigenvalue weighted by Gasteiger charge is -1.97. The molecule has 0 radical (unpaired) electrons. The van der Waals surface area contributed by atoms with E-state index >= 15 is 0 Å². The Morgan fingerprint density at radius 2 is 2.33 bits per heavy atom. The normalized spacial score (nSPS) is 10.8. The molecule has 0 saturated carbocycles. The summed E-state index contributed by atoms with van der Waals surface area (Å²) in [7, 11) is 0. The molecular weight excluding hydrogens is 176 g/mol. The average molecular weight is 183 g/mol. The van der Waals surface area contributed by atoms with Gasteiger partial charge in [0.2, 0.25) is 0 Å². The van der Waals surface area contributed by atoms with Crippen LogP contribution in [-0.2, 0) is 0 Å². The Bertz CT molecular complexity index is 434. The van der Waals surface area contributed by atoms with Crippen molar-refractivity contribution < 1.29 is 0 Å². The first-order chi connectivity index (χ1) is 5.70. The van der Waals surface area contributed by atoms with Crippen LogP contribution in [0.25, 0.3) is 11.0 Å². The van der Waals surface area contributed by atoms with Gasteiger partial charge in [0, 0.05) is 5.69 Å². The number of nitrogen functional groups attached to an aromatic ring is 1. The first-order valence-electron chi connectivity index (χ1n) is 3.45. The summed E-state index contributed by atoms with van der Waals surface area (Å²) < 4.78 is 0. The molecule has 0 aliphatic heterocycles. The van der Waals surface area contributed by atoms with E-state index in [-0.39, 0.29) is 0 Å². The summed E-state index contributed by atoms with van der Waals surface area (Å²) >= 11 is 5.95. The summed E-state index contributed by atoms with van der Waals surface area (Å²) in [5.74, 6) is 0. The maximum absolute atomic E-state index is 5.95. The zero-order valence-corrected chi connectivity index (χ0v) is 7.18. The van der Waals surface area contributed by atoms with Crippen LogP contribution in [0, 0.1) is 6.92 Å². The van der Waals surface area contributed by atoms with E-state index in [1.54, 1.807) is 0 Å². The second-order valence-corrected chi connectivity index (χ2v) is 2.95. The van der Waals surface area contributed by atoms with Crippen LogP contribution < -0.4 is 5.73 Å². The molecule has 3 N–H and O–H groups in total. The zero-order valence-electron chi connectivity index (χ0n) is 6.43. The van der Waals surface area contributed by atoms with Crippen LogP contribution in [0.4, 0.5) is 5.69 Å². The van der Waals surface area contributed by atoms with Crippen molar-refractivity contribution in [3.05, 3.63) is 16.9 Å². The van der Waals surface area contributed by atoms with E-state index in [0.29, 0.717) is 16.4 Å². The molecule has 0 unspecified atom stereocenters. The molecule has 2 rings (SSSR count). The smallest absolute Gasteiger partial charge is 0.182 e. The first kappa shape index (κ1) is 7.36. The first-order valence-corrected chi connectivity index (χ1v) is 3.82. The molecule has 0 aliphatic rings. The summed E-state index contributed by atoms with van der Waals surface area (Å²) in [6.45, 7) is 1.88. The van der Waals surface area contributed by atoms with E-state index in [1.807, 2.05) is 6.92 Å². The molecule has 2 aromatic rings. The number of anilines is 1. The van der Waals surface area contributed by atoms with Gasteiger partial charge in [-0.3, -0.25) is 5.10 Å². The van der Waals surface area contributed by atoms with E-state index in [1.165, 1.54) is 6.20 Å². The summed E-state index contributed by atoms with van der Waals surface area (Å²) in [5.41, 5.74) is 7.55. The van der Waals surface area contributed by atoms with Crippen LogP contribution in [0.2, 0.25) is 5.02 Å². The fourth-order valence-corrected chi connectivity index (χ4v) is 1.38. The molecule has 0 fully saturated rings. The number of rotatable bonds is 0. The van der Waals surface area contributed by atoms with Crippen molar-refractivity contribution in [3.63, 3.8) is 0 Å². The predicted octanol–water partition coefficient (Wildman–Crippen LogP) is 1.50. The van der Waals surface area contributed by atoms with Gasteiger partial charge < -0.3 is 5.73 Å². The second-order valence-electron chi connectivity index (χ2n) is 2.57. The number of hydrogen-bond acceptors (Lipinski definition) is 3. The van der Waals surface area contributed by atoms with Crippen LogP contribution in [0.5, 0.6) is 0 Å². The molecule has 62 valence electrons. The Morgan fingerprint density at radius 1 is 1.58 bits per heavy atom. The van der Waals surface area contributed by atoms with Crippen molar-refractivity contribution >= 4 is 28.3 Å². The number of H-pyrrole nitrogens is 1. The van der Waals surface area contributed by atoms with Gasteiger partial charge in [-0.05, 0) is 6.92 Å². The number of hydrogen-bond donors (Lipinski definition) is 2. The summed E-state index contributed by atoms with van der Waals surface area (Å²) in [5, 5.41) is 8.06. The Kier molecular flexibility index (Phi) is 1.44. The summed E-state index contributed by atoms with van der Waals surface area (Å²) in [4.78, 5) is 4.01. The lowest BCUT2D eigenvalue weighted by Crippen LogP contribution is -1.88. The molecule has 5 heteroatoms. The molecular formula is C7H7ClN4.